The molecule has 3 rings (SSSR count). The third kappa shape index (κ3) is 5.10. The predicted octanol–water partition coefficient (Wildman–Crippen LogP) is 1.65. The maximum absolute atomic E-state index is 11.9. The van der Waals surface area contributed by atoms with Crippen molar-refractivity contribution in [3.8, 4) is 6.07 Å². The number of nitrogens with zero attached hydrogens (tertiary/aromatic N) is 2. The summed E-state index contributed by atoms with van der Waals surface area (Å²) < 4.78 is 5.24. The van der Waals surface area contributed by atoms with Crippen LogP contribution >= 0.6 is 0 Å². The van der Waals surface area contributed by atoms with E-state index in [0.29, 0.717) is 55.1 Å². The molecule has 0 spiro atoms. The number of amidine groups is 1. The van der Waals surface area contributed by atoms with Crippen molar-refractivity contribution in [3.63, 3.8) is 0 Å². The lowest BCUT2D eigenvalue weighted by Crippen LogP contribution is -2.49. The van der Waals surface area contributed by atoms with Crippen LogP contribution in [0.4, 0.5) is 5.69 Å². The fourth-order valence-electron chi connectivity index (χ4n) is 3.53. The molecule has 1 saturated heterocycles. The molecule has 2 aliphatic heterocycles. The minimum atomic E-state index is -0.0251. The van der Waals surface area contributed by atoms with Gasteiger partial charge in [0, 0.05) is 67.4 Å². The van der Waals surface area contributed by atoms with Crippen molar-refractivity contribution < 1.29 is 9.53 Å². The molecule has 9 nitrogen and oxygen atoms in total. The van der Waals surface area contributed by atoms with Crippen molar-refractivity contribution in [1.82, 2.24) is 15.5 Å². The number of nitrogens with one attached hydrogen (secondary N) is 5. The van der Waals surface area contributed by atoms with Gasteiger partial charge in [0.05, 0.1) is 37.4 Å². The van der Waals surface area contributed by atoms with E-state index >= 15 is 0 Å². The van der Waals surface area contributed by atoms with E-state index in [0.717, 1.165) is 11.3 Å². The highest BCUT2D eigenvalue weighted by atomic mass is 16.5. The van der Waals surface area contributed by atoms with Gasteiger partial charge in [-0.05, 0) is 12.1 Å². The van der Waals surface area contributed by atoms with Gasteiger partial charge in [-0.15, -0.1) is 0 Å². The Hall–Kier alpha value is -3.64. The SMILES string of the molecule is CN/C=C(\C=N)c1ccc(NC(=N)C2=C(NC3COC3)CCN(C(C)=O)C2)cc1C#N. The van der Waals surface area contributed by atoms with Crippen LogP contribution in [0.15, 0.2) is 35.7 Å². The van der Waals surface area contributed by atoms with Crippen LogP contribution < -0.4 is 16.0 Å². The van der Waals surface area contributed by atoms with Crippen LogP contribution in [-0.2, 0) is 9.53 Å². The number of ether oxygens (including phenoxy) is 1. The highest BCUT2D eigenvalue weighted by Gasteiger charge is 2.27. The zero-order valence-corrected chi connectivity index (χ0v) is 17.7. The average Bonchev–Trinajstić information content (AvgIpc) is 2.74. The molecule has 5 N–H and O–H groups in total. The summed E-state index contributed by atoms with van der Waals surface area (Å²) in [6.07, 6.45) is 3.49. The molecule has 0 atom stereocenters. The van der Waals surface area contributed by atoms with Crippen molar-refractivity contribution in [2.75, 3.05) is 38.7 Å². The van der Waals surface area contributed by atoms with Crippen LogP contribution in [0.1, 0.15) is 24.5 Å². The first-order valence-electron chi connectivity index (χ1n) is 10.1. The van der Waals surface area contributed by atoms with Crippen LogP contribution in [0.25, 0.3) is 5.57 Å². The molecular formula is C22H27N7O2. The first-order valence-corrected chi connectivity index (χ1v) is 10.1. The Morgan fingerprint density at radius 2 is 2.16 bits per heavy atom. The Balaban J connectivity index is 1.85. The first-order chi connectivity index (χ1) is 15.0. The molecule has 2 heterocycles. The largest absolute Gasteiger partial charge is 0.393 e. The minimum Gasteiger partial charge on any atom is -0.393 e. The topological polar surface area (TPSA) is 137 Å². The number of hydrogen-bond acceptors (Lipinski definition) is 7. The van der Waals surface area contributed by atoms with E-state index < -0.39 is 0 Å². The van der Waals surface area contributed by atoms with Crippen LogP contribution in [0.2, 0.25) is 0 Å². The second-order valence-corrected chi connectivity index (χ2v) is 7.43. The van der Waals surface area contributed by atoms with Gasteiger partial charge in [0.1, 0.15) is 5.84 Å². The van der Waals surface area contributed by atoms with Gasteiger partial charge < -0.3 is 31.0 Å². The van der Waals surface area contributed by atoms with E-state index in [4.69, 9.17) is 15.6 Å². The number of allylic oxidation sites excluding steroid dienone is 1. The smallest absolute Gasteiger partial charge is 0.219 e. The van der Waals surface area contributed by atoms with Crippen molar-refractivity contribution in [3.05, 3.63) is 46.8 Å². The van der Waals surface area contributed by atoms with Crippen molar-refractivity contribution in [1.29, 1.82) is 16.1 Å². The molecule has 0 saturated carbocycles. The summed E-state index contributed by atoms with van der Waals surface area (Å²) in [5, 5.41) is 35.2. The molecule has 0 aromatic heterocycles. The molecule has 1 fully saturated rings. The van der Waals surface area contributed by atoms with E-state index in [9.17, 15) is 10.1 Å². The van der Waals surface area contributed by atoms with E-state index in [2.05, 4.69) is 22.0 Å². The lowest BCUT2D eigenvalue weighted by molar-refractivity contribution is -0.128. The Kier molecular flexibility index (Phi) is 7.05. The molecule has 9 heteroatoms. The highest BCUT2D eigenvalue weighted by Crippen LogP contribution is 2.24. The Bertz CT molecular complexity index is 986. The van der Waals surface area contributed by atoms with Crippen LogP contribution in [0.5, 0.6) is 0 Å². The summed E-state index contributed by atoms with van der Waals surface area (Å²) >= 11 is 0. The summed E-state index contributed by atoms with van der Waals surface area (Å²) in [6, 6.07) is 7.58. The second kappa shape index (κ2) is 9.91. The standard InChI is InChI=1S/C22H27N7O2/c1-14(30)29-6-5-21(27-18-12-31-13-18)20(11-29)22(25)28-17-3-4-19(15(7-17)8-23)16(9-24)10-26-2/h3-4,7,9-10,18,24,26-27H,5-6,11-13H2,1-2H3,(H2,25,28)/b16-10+,24-9?. The third-order valence-electron chi connectivity index (χ3n) is 5.28. The van der Waals surface area contributed by atoms with Gasteiger partial charge in [-0.2, -0.15) is 5.26 Å². The van der Waals surface area contributed by atoms with Gasteiger partial charge >= 0.3 is 0 Å². The molecule has 1 aromatic rings. The number of benzene rings is 1. The fraction of sp³-hybridized carbons (Fsp3) is 0.364. The third-order valence-corrected chi connectivity index (χ3v) is 5.28. The molecule has 0 aliphatic carbocycles. The van der Waals surface area contributed by atoms with Gasteiger partial charge in [0.2, 0.25) is 5.91 Å². The van der Waals surface area contributed by atoms with Gasteiger partial charge in [0.15, 0.2) is 0 Å². The molecule has 2 aliphatic rings. The van der Waals surface area contributed by atoms with Crippen LogP contribution in [-0.4, -0.2) is 62.3 Å². The maximum atomic E-state index is 11.9. The summed E-state index contributed by atoms with van der Waals surface area (Å²) in [7, 11) is 1.73. The minimum absolute atomic E-state index is 0.0251. The Morgan fingerprint density at radius 3 is 2.74 bits per heavy atom. The van der Waals surface area contributed by atoms with E-state index in [1.165, 1.54) is 13.1 Å². The molecule has 1 amide bonds. The van der Waals surface area contributed by atoms with E-state index in [1.807, 2.05) is 0 Å². The summed E-state index contributed by atoms with van der Waals surface area (Å²) in [4.78, 5) is 13.6. The normalized spacial score (nSPS) is 16.8. The summed E-state index contributed by atoms with van der Waals surface area (Å²) in [6.45, 7) is 3.76. The molecule has 162 valence electrons. The summed E-state index contributed by atoms with van der Waals surface area (Å²) in [5.41, 5.74) is 3.89. The number of nitriles is 1. The van der Waals surface area contributed by atoms with Crippen molar-refractivity contribution in [2.45, 2.75) is 19.4 Å². The predicted molar refractivity (Wildman–Crippen MR) is 120 cm³/mol. The number of amides is 1. The lowest BCUT2D eigenvalue weighted by atomic mass is 10.00. The molecule has 0 unspecified atom stereocenters. The van der Waals surface area contributed by atoms with Crippen molar-refractivity contribution in [2.24, 2.45) is 0 Å². The first kappa shape index (κ1) is 22.1. The van der Waals surface area contributed by atoms with Crippen molar-refractivity contribution >= 4 is 29.2 Å². The maximum Gasteiger partial charge on any atom is 0.219 e. The lowest BCUT2D eigenvalue weighted by Gasteiger charge is -2.35. The van der Waals surface area contributed by atoms with Crippen LogP contribution in [0, 0.1) is 22.1 Å². The number of hydrogen-bond donors (Lipinski definition) is 5. The molecular weight excluding hydrogens is 394 g/mol. The number of carbonyl (C=O) groups is 1. The molecule has 0 radical (unpaired) electrons. The molecule has 1 aromatic carbocycles. The Morgan fingerprint density at radius 1 is 1.39 bits per heavy atom. The quantitative estimate of drug-likeness (QED) is 0.335. The number of carbonyl (C=O) groups excluding carboxylic acids is 1. The zero-order valence-electron chi connectivity index (χ0n) is 17.7. The fourth-order valence-corrected chi connectivity index (χ4v) is 3.53. The highest BCUT2D eigenvalue weighted by molar-refractivity contribution is 6.10. The van der Waals surface area contributed by atoms with Crippen LogP contribution in [0.3, 0.4) is 0 Å². The van der Waals surface area contributed by atoms with E-state index in [1.54, 1.807) is 36.3 Å². The molecule has 0 bridgehead atoms. The monoisotopic (exact) mass is 421 g/mol. The zero-order chi connectivity index (χ0) is 22.4. The average molecular weight is 422 g/mol. The van der Waals surface area contributed by atoms with E-state index in [-0.39, 0.29) is 17.8 Å². The second-order valence-electron chi connectivity index (χ2n) is 7.43. The van der Waals surface area contributed by atoms with Gasteiger partial charge in [0.25, 0.3) is 0 Å². The molecule has 31 heavy (non-hydrogen) atoms. The number of anilines is 1. The van der Waals surface area contributed by atoms with Gasteiger partial charge in [-0.3, -0.25) is 10.2 Å². The summed E-state index contributed by atoms with van der Waals surface area (Å²) in [5.74, 6) is 0.159. The van der Waals surface area contributed by atoms with Gasteiger partial charge in [-0.25, -0.2) is 0 Å². The Labute approximate surface area is 181 Å². The number of rotatable bonds is 7. The van der Waals surface area contributed by atoms with Gasteiger partial charge in [-0.1, -0.05) is 6.07 Å².